The molecule has 2 fully saturated rings. The van der Waals surface area contributed by atoms with Gasteiger partial charge in [0.25, 0.3) is 5.91 Å². The molecule has 2 heterocycles. The Morgan fingerprint density at radius 1 is 1.16 bits per heavy atom. The summed E-state index contributed by atoms with van der Waals surface area (Å²) < 4.78 is 6.12. The molecule has 2 aliphatic rings. The van der Waals surface area contributed by atoms with E-state index >= 15 is 0 Å². The van der Waals surface area contributed by atoms with Crippen molar-refractivity contribution in [3.63, 3.8) is 0 Å². The summed E-state index contributed by atoms with van der Waals surface area (Å²) in [6.45, 7) is 2.62. The number of ether oxygens (including phenoxy) is 1. The first kappa shape index (κ1) is 21.9. The van der Waals surface area contributed by atoms with Crippen LogP contribution in [0.4, 0.5) is 5.13 Å². The zero-order valence-electron chi connectivity index (χ0n) is 17.6. The van der Waals surface area contributed by atoms with Gasteiger partial charge in [-0.15, -0.1) is 10.2 Å². The van der Waals surface area contributed by atoms with Crippen molar-refractivity contribution in [3.8, 4) is 5.75 Å². The summed E-state index contributed by atoms with van der Waals surface area (Å²) in [6, 6.07) is 7.65. The lowest BCUT2D eigenvalue weighted by atomic mass is 10.1. The van der Waals surface area contributed by atoms with Crippen molar-refractivity contribution in [2.45, 2.75) is 36.1 Å². The number of para-hydroxylation sites is 1. The van der Waals surface area contributed by atoms with Gasteiger partial charge in [-0.05, 0) is 25.0 Å². The van der Waals surface area contributed by atoms with Crippen LogP contribution in [0.1, 0.15) is 36.0 Å². The lowest BCUT2D eigenvalue weighted by molar-refractivity contribution is -0.119. The quantitative estimate of drug-likeness (QED) is 0.634. The zero-order valence-corrected chi connectivity index (χ0v) is 19.2. The maximum atomic E-state index is 12.9. The maximum Gasteiger partial charge on any atom is 0.257 e. The number of anilines is 1. The first-order valence-corrected chi connectivity index (χ1v) is 12.4. The Bertz CT molecular complexity index is 908. The summed E-state index contributed by atoms with van der Waals surface area (Å²) in [4.78, 5) is 29.0. The summed E-state index contributed by atoms with van der Waals surface area (Å²) in [7, 11) is 1.58. The molecule has 0 radical (unpaired) electrons. The van der Waals surface area contributed by atoms with Gasteiger partial charge >= 0.3 is 0 Å². The Hall–Kier alpha value is -2.33. The second-order valence-corrected chi connectivity index (χ2v) is 9.85. The SMILES string of the molecule is COc1ccccc1C(=O)N1CCN(c2nnc(SCC(=O)NC3CCCC3)s2)CC1. The predicted molar refractivity (Wildman–Crippen MR) is 122 cm³/mol. The number of amides is 2. The number of nitrogens with one attached hydrogen (secondary N) is 1. The molecular weight excluding hydrogens is 434 g/mol. The fourth-order valence-electron chi connectivity index (χ4n) is 3.95. The van der Waals surface area contributed by atoms with Crippen molar-refractivity contribution in [1.29, 1.82) is 0 Å². The van der Waals surface area contributed by atoms with E-state index in [0.717, 1.165) is 22.3 Å². The highest BCUT2D eigenvalue weighted by atomic mass is 32.2. The molecule has 1 aromatic heterocycles. The van der Waals surface area contributed by atoms with Gasteiger partial charge in [0.1, 0.15) is 5.75 Å². The molecule has 0 spiro atoms. The highest BCUT2D eigenvalue weighted by molar-refractivity contribution is 8.01. The molecule has 1 saturated heterocycles. The predicted octanol–water partition coefficient (Wildman–Crippen LogP) is 2.66. The Morgan fingerprint density at radius 2 is 1.90 bits per heavy atom. The van der Waals surface area contributed by atoms with Gasteiger partial charge in [0, 0.05) is 32.2 Å². The molecular formula is C21H27N5O3S2. The van der Waals surface area contributed by atoms with E-state index in [4.69, 9.17) is 4.74 Å². The van der Waals surface area contributed by atoms with Crippen LogP contribution in [0.5, 0.6) is 5.75 Å². The Balaban J connectivity index is 1.26. The lowest BCUT2D eigenvalue weighted by Gasteiger charge is -2.34. The molecule has 31 heavy (non-hydrogen) atoms. The summed E-state index contributed by atoms with van der Waals surface area (Å²) in [5.41, 5.74) is 0.587. The van der Waals surface area contributed by atoms with Crippen molar-refractivity contribution in [2.75, 3.05) is 43.9 Å². The largest absolute Gasteiger partial charge is 0.496 e. The number of rotatable bonds is 7. The molecule has 1 aliphatic carbocycles. The van der Waals surface area contributed by atoms with E-state index in [1.807, 2.05) is 17.0 Å². The molecule has 0 atom stereocenters. The number of piperazine rings is 1. The molecule has 1 aliphatic heterocycles. The third-order valence-corrected chi connectivity index (χ3v) is 7.73. The molecule has 10 heteroatoms. The minimum Gasteiger partial charge on any atom is -0.496 e. The van der Waals surface area contributed by atoms with Gasteiger partial charge in [-0.2, -0.15) is 0 Å². The third kappa shape index (κ3) is 5.48. The molecule has 0 unspecified atom stereocenters. The first-order chi connectivity index (χ1) is 15.1. The standard InChI is InChI=1S/C21H27N5O3S2/c1-29-17-9-5-4-8-16(17)19(28)25-10-12-26(13-11-25)20-23-24-21(31-20)30-14-18(27)22-15-6-2-3-7-15/h4-5,8-9,15H,2-3,6-7,10-14H2,1H3,(H,22,27). The van der Waals surface area contributed by atoms with Gasteiger partial charge in [0.05, 0.1) is 18.4 Å². The second-order valence-electron chi connectivity index (χ2n) is 7.67. The van der Waals surface area contributed by atoms with E-state index in [1.165, 1.54) is 35.9 Å². The third-order valence-electron chi connectivity index (χ3n) is 5.62. The normalized spacial score (nSPS) is 17.1. The summed E-state index contributed by atoms with van der Waals surface area (Å²) in [6.07, 6.45) is 4.58. The van der Waals surface area contributed by atoms with Crippen LogP contribution in [-0.2, 0) is 4.79 Å². The van der Waals surface area contributed by atoms with E-state index in [2.05, 4.69) is 20.4 Å². The van der Waals surface area contributed by atoms with Crippen molar-refractivity contribution < 1.29 is 14.3 Å². The molecule has 2 aromatic rings. The minimum atomic E-state index is -0.0149. The van der Waals surface area contributed by atoms with Gasteiger partial charge in [0.15, 0.2) is 4.34 Å². The van der Waals surface area contributed by atoms with Crippen molar-refractivity contribution in [1.82, 2.24) is 20.4 Å². The number of aromatic nitrogens is 2. The smallest absolute Gasteiger partial charge is 0.257 e. The van der Waals surface area contributed by atoms with E-state index in [-0.39, 0.29) is 11.8 Å². The maximum absolute atomic E-state index is 12.9. The monoisotopic (exact) mass is 461 g/mol. The van der Waals surface area contributed by atoms with Crippen LogP contribution < -0.4 is 15.0 Å². The van der Waals surface area contributed by atoms with Crippen molar-refractivity contribution in [3.05, 3.63) is 29.8 Å². The summed E-state index contributed by atoms with van der Waals surface area (Å²) in [5.74, 6) is 1.01. The van der Waals surface area contributed by atoms with Crippen LogP contribution in [0.15, 0.2) is 28.6 Å². The average molecular weight is 462 g/mol. The first-order valence-electron chi connectivity index (χ1n) is 10.6. The molecule has 1 aromatic carbocycles. The minimum absolute atomic E-state index is 0.0149. The van der Waals surface area contributed by atoms with E-state index in [0.29, 0.717) is 49.3 Å². The Morgan fingerprint density at radius 3 is 2.65 bits per heavy atom. The van der Waals surface area contributed by atoms with Crippen LogP contribution in [0, 0.1) is 0 Å². The number of hydrogen-bond acceptors (Lipinski definition) is 8. The fourth-order valence-corrected chi connectivity index (χ4v) is 5.65. The second kappa shape index (κ2) is 10.3. The highest BCUT2D eigenvalue weighted by Crippen LogP contribution is 2.29. The van der Waals surface area contributed by atoms with Crippen LogP contribution in [-0.4, -0.2) is 72.0 Å². The van der Waals surface area contributed by atoms with E-state index < -0.39 is 0 Å². The number of methoxy groups -OCH3 is 1. The zero-order chi connectivity index (χ0) is 21.6. The number of thioether (sulfide) groups is 1. The topological polar surface area (TPSA) is 87.7 Å². The van der Waals surface area contributed by atoms with Gasteiger partial charge < -0.3 is 19.9 Å². The van der Waals surface area contributed by atoms with E-state index in [9.17, 15) is 9.59 Å². The summed E-state index contributed by atoms with van der Waals surface area (Å²) >= 11 is 2.93. The number of nitrogens with zero attached hydrogens (tertiary/aromatic N) is 4. The molecule has 1 saturated carbocycles. The van der Waals surface area contributed by atoms with Gasteiger partial charge in [-0.1, -0.05) is 48.1 Å². The van der Waals surface area contributed by atoms with Gasteiger partial charge in [-0.25, -0.2) is 0 Å². The molecule has 0 bridgehead atoms. The molecule has 166 valence electrons. The number of carbonyl (C=O) groups is 2. The van der Waals surface area contributed by atoms with Crippen LogP contribution >= 0.6 is 23.1 Å². The fraction of sp³-hybridized carbons (Fsp3) is 0.524. The molecule has 8 nitrogen and oxygen atoms in total. The van der Waals surface area contributed by atoms with Crippen molar-refractivity contribution >= 4 is 40.0 Å². The number of benzene rings is 1. The van der Waals surface area contributed by atoms with Crippen LogP contribution in [0.25, 0.3) is 0 Å². The number of carbonyl (C=O) groups excluding carboxylic acids is 2. The number of hydrogen-bond donors (Lipinski definition) is 1. The summed E-state index contributed by atoms with van der Waals surface area (Å²) in [5, 5.41) is 12.5. The Labute approximate surface area is 190 Å². The average Bonchev–Trinajstić information content (AvgIpc) is 3.49. The lowest BCUT2D eigenvalue weighted by Crippen LogP contribution is -2.48. The van der Waals surface area contributed by atoms with Crippen LogP contribution in [0.2, 0.25) is 0 Å². The highest BCUT2D eigenvalue weighted by Gasteiger charge is 2.26. The van der Waals surface area contributed by atoms with E-state index in [1.54, 1.807) is 19.2 Å². The Kier molecular flexibility index (Phi) is 7.29. The molecule has 2 amide bonds. The van der Waals surface area contributed by atoms with Crippen LogP contribution in [0.3, 0.4) is 0 Å². The van der Waals surface area contributed by atoms with Gasteiger partial charge in [0.2, 0.25) is 11.0 Å². The molecule has 1 N–H and O–H groups in total. The molecule has 4 rings (SSSR count). The van der Waals surface area contributed by atoms with Crippen molar-refractivity contribution in [2.24, 2.45) is 0 Å². The van der Waals surface area contributed by atoms with Gasteiger partial charge in [-0.3, -0.25) is 9.59 Å².